The molecule has 0 bridgehead atoms. The van der Waals surface area contributed by atoms with Crippen molar-refractivity contribution in [2.45, 2.75) is 39.5 Å². The van der Waals surface area contributed by atoms with Gasteiger partial charge in [0.1, 0.15) is 12.4 Å². The lowest BCUT2D eigenvalue weighted by Gasteiger charge is -2.25. The summed E-state index contributed by atoms with van der Waals surface area (Å²) in [6, 6.07) is 6.06. The van der Waals surface area contributed by atoms with Crippen LogP contribution in [-0.2, 0) is 19.7 Å². The third-order valence-corrected chi connectivity index (χ3v) is 4.76. The highest BCUT2D eigenvalue weighted by atomic mass is 16.5. The number of ether oxygens (including phenoxy) is 2. The number of benzene rings is 1. The van der Waals surface area contributed by atoms with Gasteiger partial charge in [-0.05, 0) is 30.4 Å². The Bertz CT molecular complexity index is 667. The van der Waals surface area contributed by atoms with E-state index in [9.17, 15) is 9.59 Å². The fraction of sp³-hybridized carbons (Fsp3) is 0.619. The van der Waals surface area contributed by atoms with E-state index in [4.69, 9.17) is 9.47 Å². The molecule has 0 atom stereocenters. The predicted molar refractivity (Wildman–Crippen MR) is 105 cm³/mol. The van der Waals surface area contributed by atoms with Crippen LogP contribution in [-0.4, -0.2) is 68.1 Å². The molecule has 6 nitrogen and oxygen atoms in total. The highest BCUT2D eigenvalue weighted by Gasteiger charge is 2.23. The average molecular weight is 376 g/mol. The Balaban J connectivity index is 1.96. The molecule has 2 rings (SSSR count). The van der Waals surface area contributed by atoms with Crippen molar-refractivity contribution in [2.75, 3.05) is 46.5 Å². The zero-order valence-electron chi connectivity index (χ0n) is 17.2. The minimum absolute atomic E-state index is 0.0121. The van der Waals surface area contributed by atoms with Gasteiger partial charge in [-0.2, -0.15) is 0 Å². The maximum Gasteiger partial charge on any atom is 0.260 e. The fourth-order valence-corrected chi connectivity index (χ4v) is 3.22. The summed E-state index contributed by atoms with van der Waals surface area (Å²) in [6.45, 7) is 10.9. The second kappa shape index (κ2) is 9.22. The summed E-state index contributed by atoms with van der Waals surface area (Å²) in [5, 5.41) is 0. The van der Waals surface area contributed by atoms with E-state index in [-0.39, 0.29) is 30.4 Å². The molecule has 0 radical (unpaired) electrons. The van der Waals surface area contributed by atoms with Crippen LogP contribution < -0.4 is 4.74 Å². The van der Waals surface area contributed by atoms with Crippen molar-refractivity contribution in [3.8, 4) is 5.75 Å². The second-order valence-corrected chi connectivity index (χ2v) is 8.09. The average Bonchev–Trinajstić information content (AvgIpc) is 2.86. The Kier molecular flexibility index (Phi) is 7.25. The summed E-state index contributed by atoms with van der Waals surface area (Å²) >= 11 is 0. The number of hydrogen-bond acceptors (Lipinski definition) is 4. The molecular formula is C21H32N2O4. The van der Waals surface area contributed by atoms with E-state index < -0.39 is 0 Å². The lowest BCUT2D eigenvalue weighted by atomic mass is 9.85. The SMILES string of the molecule is COCC(=O)N1CCCN(C(=O)COc2ccc(C)cc2C(C)(C)C)CC1. The van der Waals surface area contributed by atoms with Gasteiger partial charge in [-0.15, -0.1) is 0 Å². The van der Waals surface area contributed by atoms with Crippen LogP contribution in [0.2, 0.25) is 0 Å². The lowest BCUT2D eigenvalue weighted by molar-refractivity contribution is -0.136. The summed E-state index contributed by atoms with van der Waals surface area (Å²) in [4.78, 5) is 28.1. The Morgan fingerprint density at radius 3 is 2.15 bits per heavy atom. The molecular weight excluding hydrogens is 344 g/mol. The maximum atomic E-state index is 12.6. The number of hydrogen-bond donors (Lipinski definition) is 0. The monoisotopic (exact) mass is 376 g/mol. The molecule has 1 aromatic carbocycles. The molecule has 2 amide bonds. The van der Waals surface area contributed by atoms with Crippen molar-refractivity contribution in [1.29, 1.82) is 0 Å². The van der Waals surface area contributed by atoms with Crippen LogP contribution >= 0.6 is 0 Å². The molecule has 1 aliphatic rings. The lowest BCUT2D eigenvalue weighted by Crippen LogP contribution is -2.40. The van der Waals surface area contributed by atoms with E-state index >= 15 is 0 Å². The first-order valence-corrected chi connectivity index (χ1v) is 9.51. The van der Waals surface area contributed by atoms with Crippen LogP contribution in [0.25, 0.3) is 0 Å². The van der Waals surface area contributed by atoms with Crippen molar-refractivity contribution < 1.29 is 19.1 Å². The first-order valence-electron chi connectivity index (χ1n) is 9.51. The maximum absolute atomic E-state index is 12.6. The Hall–Kier alpha value is -2.08. The van der Waals surface area contributed by atoms with E-state index in [1.807, 2.05) is 12.1 Å². The number of aryl methyl sites for hydroxylation is 1. The van der Waals surface area contributed by atoms with Gasteiger partial charge < -0.3 is 19.3 Å². The van der Waals surface area contributed by atoms with Gasteiger partial charge >= 0.3 is 0 Å². The number of carbonyl (C=O) groups is 2. The molecule has 0 saturated carbocycles. The van der Waals surface area contributed by atoms with Crippen molar-refractivity contribution in [3.05, 3.63) is 29.3 Å². The van der Waals surface area contributed by atoms with Gasteiger partial charge in [0, 0.05) is 33.3 Å². The number of methoxy groups -OCH3 is 1. The molecule has 0 aliphatic carbocycles. The van der Waals surface area contributed by atoms with Gasteiger partial charge in [-0.3, -0.25) is 9.59 Å². The zero-order valence-corrected chi connectivity index (χ0v) is 17.2. The quantitative estimate of drug-likeness (QED) is 0.792. The van der Waals surface area contributed by atoms with Crippen molar-refractivity contribution in [3.63, 3.8) is 0 Å². The van der Waals surface area contributed by atoms with Crippen LogP contribution in [0, 0.1) is 6.92 Å². The third-order valence-electron chi connectivity index (χ3n) is 4.76. The minimum Gasteiger partial charge on any atom is -0.483 e. The molecule has 1 heterocycles. The molecule has 0 unspecified atom stereocenters. The van der Waals surface area contributed by atoms with Crippen molar-refractivity contribution >= 4 is 11.8 Å². The summed E-state index contributed by atoms with van der Waals surface area (Å²) in [5.74, 6) is 0.683. The molecule has 0 spiro atoms. The minimum atomic E-state index is -0.0603. The van der Waals surface area contributed by atoms with Gasteiger partial charge in [0.25, 0.3) is 5.91 Å². The summed E-state index contributed by atoms with van der Waals surface area (Å²) in [5.41, 5.74) is 2.21. The Morgan fingerprint density at radius 1 is 1.00 bits per heavy atom. The van der Waals surface area contributed by atoms with Crippen molar-refractivity contribution in [1.82, 2.24) is 9.80 Å². The van der Waals surface area contributed by atoms with E-state index in [1.54, 1.807) is 9.80 Å². The normalized spacial score (nSPS) is 15.4. The van der Waals surface area contributed by atoms with Gasteiger partial charge in [0.05, 0.1) is 0 Å². The van der Waals surface area contributed by atoms with Crippen LogP contribution in [0.1, 0.15) is 38.3 Å². The first kappa shape index (κ1) is 21.2. The zero-order chi connectivity index (χ0) is 20.0. The van der Waals surface area contributed by atoms with Crippen LogP contribution in [0.15, 0.2) is 18.2 Å². The highest BCUT2D eigenvalue weighted by Crippen LogP contribution is 2.32. The number of carbonyl (C=O) groups excluding carboxylic acids is 2. The molecule has 0 aromatic heterocycles. The van der Waals surface area contributed by atoms with Gasteiger partial charge in [0.15, 0.2) is 6.61 Å². The van der Waals surface area contributed by atoms with Crippen LogP contribution in [0.5, 0.6) is 5.75 Å². The highest BCUT2D eigenvalue weighted by molar-refractivity contribution is 5.79. The van der Waals surface area contributed by atoms with Crippen LogP contribution in [0.4, 0.5) is 0 Å². The summed E-state index contributed by atoms with van der Waals surface area (Å²) in [6.07, 6.45) is 0.763. The summed E-state index contributed by atoms with van der Waals surface area (Å²) in [7, 11) is 1.51. The topological polar surface area (TPSA) is 59.1 Å². The van der Waals surface area contributed by atoms with E-state index in [0.29, 0.717) is 26.2 Å². The van der Waals surface area contributed by atoms with Crippen molar-refractivity contribution in [2.24, 2.45) is 0 Å². The molecule has 1 saturated heterocycles. The third kappa shape index (κ3) is 5.96. The molecule has 6 heteroatoms. The molecule has 27 heavy (non-hydrogen) atoms. The van der Waals surface area contributed by atoms with E-state index in [0.717, 1.165) is 17.7 Å². The standard InChI is InChI=1S/C21H32N2O4/c1-16-7-8-18(17(13-16)21(2,3)4)27-15-20(25)23-10-6-9-22(11-12-23)19(24)14-26-5/h7-8,13H,6,9-12,14-15H2,1-5H3. The van der Waals surface area contributed by atoms with E-state index in [2.05, 4.69) is 33.8 Å². The smallest absolute Gasteiger partial charge is 0.260 e. The fourth-order valence-electron chi connectivity index (χ4n) is 3.22. The molecule has 150 valence electrons. The molecule has 1 fully saturated rings. The van der Waals surface area contributed by atoms with Gasteiger partial charge in [-0.25, -0.2) is 0 Å². The number of nitrogens with zero attached hydrogens (tertiary/aromatic N) is 2. The second-order valence-electron chi connectivity index (χ2n) is 8.09. The Morgan fingerprint density at radius 2 is 1.59 bits per heavy atom. The molecule has 1 aromatic rings. The largest absolute Gasteiger partial charge is 0.483 e. The van der Waals surface area contributed by atoms with Gasteiger partial charge in [-0.1, -0.05) is 38.5 Å². The van der Waals surface area contributed by atoms with Gasteiger partial charge in [0.2, 0.25) is 5.91 Å². The Labute approximate surface area is 162 Å². The summed E-state index contributed by atoms with van der Waals surface area (Å²) < 4.78 is 10.8. The molecule has 0 N–H and O–H groups in total. The van der Waals surface area contributed by atoms with E-state index in [1.165, 1.54) is 12.7 Å². The first-order chi connectivity index (χ1) is 12.7. The number of amides is 2. The molecule has 1 aliphatic heterocycles. The predicted octanol–water partition coefficient (Wildman–Crippen LogP) is 2.38. The number of rotatable bonds is 5. The van der Waals surface area contributed by atoms with Crippen LogP contribution in [0.3, 0.4) is 0 Å².